The fourth-order valence-electron chi connectivity index (χ4n) is 2.79. The molecule has 0 radical (unpaired) electrons. The highest BCUT2D eigenvalue weighted by molar-refractivity contribution is 5.78. The molecule has 3 atom stereocenters. The average Bonchev–Trinajstić information content (AvgIpc) is 1.99. The molecule has 1 saturated carbocycles. The number of nitrogens with zero attached hydrogens (tertiary/aromatic N) is 1. The first-order valence-electron chi connectivity index (χ1n) is 5.50. The highest BCUT2D eigenvalue weighted by Gasteiger charge is 2.41. The lowest BCUT2D eigenvalue weighted by Crippen LogP contribution is -2.54. The van der Waals surface area contributed by atoms with Crippen molar-refractivity contribution in [2.24, 2.45) is 17.6 Å². The number of carboxylic acid groups (broad SMARTS) is 1. The van der Waals surface area contributed by atoms with Gasteiger partial charge < -0.3 is 15.7 Å². The Balaban J connectivity index is 2.67. The lowest BCUT2D eigenvalue weighted by molar-refractivity contribution is -0.146. The summed E-state index contributed by atoms with van der Waals surface area (Å²) in [5, 5.41) is 9.13. The average molecular weight is 214 g/mol. The van der Waals surface area contributed by atoms with Crippen LogP contribution >= 0.6 is 0 Å². The minimum atomic E-state index is -1.00. The zero-order valence-electron chi connectivity index (χ0n) is 9.86. The van der Waals surface area contributed by atoms with Gasteiger partial charge in [0.1, 0.15) is 5.54 Å². The topological polar surface area (TPSA) is 66.6 Å². The molecule has 0 aliphatic heterocycles. The van der Waals surface area contributed by atoms with Gasteiger partial charge in [-0.1, -0.05) is 6.92 Å². The van der Waals surface area contributed by atoms with E-state index >= 15 is 0 Å². The molecule has 1 fully saturated rings. The second-order valence-electron chi connectivity index (χ2n) is 5.34. The second kappa shape index (κ2) is 4.49. The summed E-state index contributed by atoms with van der Waals surface area (Å²) >= 11 is 0. The molecule has 0 aromatic heterocycles. The third kappa shape index (κ3) is 3.18. The van der Waals surface area contributed by atoms with Gasteiger partial charge in [-0.3, -0.25) is 4.79 Å². The van der Waals surface area contributed by atoms with E-state index in [1.54, 1.807) is 0 Å². The highest BCUT2D eigenvalue weighted by Crippen LogP contribution is 2.35. The quantitative estimate of drug-likeness (QED) is 0.728. The van der Waals surface area contributed by atoms with Gasteiger partial charge in [0.2, 0.25) is 0 Å². The van der Waals surface area contributed by atoms with Crippen LogP contribution in [0, 0.1) is 11.8 Å². The molecule has 15 heavy (non-hydrogen) atoms. The molecule has 4 nitrogen and oxygen atoms in total. The Morgan fingerprint density at radius 3 is 2.60 bits per heavy atom. The van der Waals surface area contributed by atoms with E-state index in [0.29, 0.717) is 24.7 Å². The summed E-state index contributed by atoms with van der Waals surface area (Å²) in [5.41, 5.74) is 4.94. The maximum absolute atomic E-state index is 11.1. The lowest BCUT2D eigenvalue weighted by Gasteiger charge is -2.39. The summed E-state index contributed by atoms with van der Waals surface area (Å²) < 4.78 is 0. The summed E-state index contributed by atoms with van der Waals surface area (Å²) in [6.07, 6.45) is 2.29. The van der Waals surface area contributed by atoms with Gasteiger partial charge in [0, 0.05) is 6.54 Å². The predicted molar refractivity (Wildman–Crippen MR) is 59.6 cm³/mol. The third-order valence-electron chi connectivity index (χ3n) is 3.15. The van der Waals surface area contributed by atoms with Crippen molar-refractivity contribution < 1.29 is 9.90 Å². The number of hydrogen-bond acceptors (Lipinski definition) is 3. The van der Waals surface area contributed by atoms with E-state index in [2.05, 4.69) is 11.8 Å². The van der Waals surface area contributed by atoms with Crippen LogP contribution in [0.5, 0.6) is 0 Å². The molecule has 0 amide bonds. The number of hydrogen-bond donors (Lipinski definition) is 2. The van der Waals surface area contributed by atoms with Crippen molar-refractivity contribution in [2.45, 2.75) is 31.7 Å². The second-order valence-corrected chi connectivity index (χ2v) is 5.34. The number of carboxylic acids is 1. The van der Waals surface area contributed by atoms with Crippen molar-refractivity contribution in [1.29, 1.82) is 0 Å². The Bertz CT molecular complexity index is 241. The smallest absolute Gasteiger partial charge is 0.323 e. The molecule has 88 valence electrons. The van der Waals surface area contributed by atoms with Crippen molar-refractivity contribution in [3.05, 3.63) is 0 Å². The Morgan fingerprint density at radius 1 is 1.53 bits per heavy atom. The van der Waals surface area contributed by atoms with Crippen molar-refractivity contribution in [1.82, 2.24) is 4.90 Å². The van der Waals surface area contributed by atoms with Gasteiger partial charge >= 0.3 is 5.97 Å². The molecule has 1 aliphatic rings. The molecule has 0 saturated heterocycles. The monoisotopic (exact) mass is 214 g/mol. The first-order chi connectivity index (χ1) is 6.83. The van der Waals surface area contributed by atoms with Crippen molar-refractivity contribution in [3.63, 3.8) is 0 Å². The minimum Gasteiger partial charge on any atom is -0.480 e. The first kappa shape index (κ1) is 12.5. The van der Waals surface area contributed by atoms with Gasteiger partial charge in [-0.15, -0.1) is 0 Å². The van der Waals surface area contributed by atoms with Crippen LogP contribution in [0.1, 0.15) is 26.2 Å². The van der Waals surface area contributed by atoms with Crippen LogP contribution in [0.15, 0.2) is 0 Å². The zero-order chi connectivity index (χ0) is 11.6. The van der Waals surface area contributed by atoms with Crippen molar-refractivity contribution in [3.8, 4) is 0 Å². The zero-order valence-corrected chi connectivity index (χ0v) is 9.86. The summed E-state index contributed by atoms with van der Waals surface area (Å²) in [7, 11) is 4.02. The van der Waals surface area contributed by atoms with E-state index < -0.39 is 11.5 Å². The molecule has 4 heteroatoms. The van der Waals surface area contributed by atoms with Gasteiger partial charge in [-0.25, -0.2) is 0 Å². The van der Waals surface area contributed by atoms with E-state index in [1.807, 2.05) is 14.1 Å². The predicted octanol–water partition coefficient (Wildman–Crippen LogP) is 0.766. The maximum Gasteiger partial charge on any atom is 0.323 e. The molecule has 0 aromatic rings. The van der Waals surface area contributed by atoms with Crippen LogP contribution < -0.4 is 5.73 Å². The molecular weight excluding hydrogens is 192 g/mol. The van der Waals surface area contributed by atoms with E-state index in [4.69, 9.17) is 10.8 Å². The van der Waals surface area contributed by atoms with E-state index in [0.717, 1.165) is 13.0 Å². The van der Waals surface area contributed by atoms with Crippen LogP contribution in [-0.4, -0.2) is 42.2 Å². The Kier molecular flexibility index (Phi) is 3.73. The normalized spacial score (nSPS) is 36.9. The first-order valence-corrected chi connectivity index (χ1v) is 5.50. The molecular formula is C11H22N2O2. The standard InChI is InChI=1S/C11H22N2O2/c1-8-4-9(7-13(2)3)6-11(12,5-8)10(14)15/h8-9H,4-7,12H2,1-3H3,(H,14,15)/t8?,9-,11?/m1/s1. The molecule has 0 heterocycles. The summed E-state index contributed by atoms with van der Waals surface area (Å²) in [6, 6.07) is 0. The molecule has 3 N–H and O–H groups in total. The van der Waals surface area contributed by atoms with E-state index in [1.165, 1.54) is 0 Å². The van der Waals surface area contributed by atoms with Gasteiger partial charge in [0.05, 0.1) is 0 Å². The summed E-state index contributed by atoms with van der Waals surface area (Å²) in [5.74, 6) is -0.0348. The van der Waals surface area contributed by atoms with Gasteiger partial charge in [0.25, 0.3) is 0 Å². The minimum absolute atomic E-state index is 0.407. The Morgan fingerprint density at radius 2 is 2.13 bits per heavy atom. The molecule has 1 rings (SSSR count). The maximum atomic E-state index is 11.1. The fourth-order valence-corrected chi connectivity index (χ4v) is 2.79. The number of rotatable bonds is 3. The van der Waals surface area contributed by atoms with Crippen LogP contribution in [0.4, 0.5) is 0 Å². The SMILES string of the molecule is CC1C[C@@H](CN(C)C)CC(N)(C(=O)O)C1. The van der Waals surface area contributed by atoms with Crippen LogP contribution in [0.25, 0.3) is 0 Å². The molecule has 1 aliphatic carbocycles. The van der Waals surface area contributed by atoms with E-state index in [9.17, 15) is 4.79 Å². The lowest BCUT2D eigenvalue weighted by atomic mass is 9.71. The van der Waals surface area contributed by atoms with Crippen LogP contribution in [-0.2, 0) is 4.79 Å². The molecule has 2 unspecified atom stereocenters. The largest absolute Gasteiger partial charge is 0.480 e. The van der Waals surface area contributed by atoms with Crippen LogP contribution in [0.2, 0.25) is 0 Å². The number of nitrogens with two attached hydrogens (primary N) is 1. The van der Waals surface area contributed by atoms with Gasteiger partial charge in [0.15, 0.2) is 0 Å². The summed E-state index contributed by atoms with van der Waals surface area (Å²) in [4.78, 5) is 13.2. The Hall–Kier alpha value is -0.610. The Labute approximate surface area is 91.4 Å². The van der Waals surface area contributed by atoms with Crippen molar-refractivity contribution in [2.75, 3.05) is 20.6 Å². The van der Waals surface area contributed by atoms with Gasteiger partial charge in [-0.05, 0) is 45.2 Å². The summed E-state index contributed by atoms with van der Waals surface area (Å²) in [6.45, 7) is 3.02. The van der Waals surface area contributed by atoms with Crippen molar-refractivity contribution >= 4 is 5.97 Å². The highest BCUT2D eigenvalue weighted by atomic mass is 16.4. The third-order valence-corrected chi connectivity index (χ3v) is 3.15. The van der Waals surface area contributed by atoms with Crippen LogP contribution in [0.3, 0.4) is 0 Å². The molecule has 0 spiro atoms. The number of aliphatic carboxylic acids is 1. The van der Waals surface area contributed by atoms with E-state index in [-0.39, 0.29) is 0 Å². The van der Waals surface area contributed by atoms with Gasteiger partial charge in [-0.2, -0.15) is 0 Å². The molecule has 0 aromatic carbocycles. The number of carbonyl (C=O) groups is 1. The molecule has 0 bridgehead atoms. The fraction of sp³-hybridized carbons (Fsp3) is 0.909.